The molecule has 0 saturated carbocycles. The number of benzene rings is 1. The summed E-state index contributed by atoms with van der Waals surface area (Å²) in [6.07, 6.45) is 0. The normalized spacial score (nSPS) is 16.9. The molecule has 2 N–H and O–H groups in total. The second-order valence-corrected chi connectivity index (χ2v) is 8.43. The molecular formula is C19H23ClN5O2S+. The molecule has 3 heterocycles. The molecule has 0 spiro atoms. The first-order valence-electron chi connectivity index (χ1n) is 9.45. The summed E-state index contributed by atoms with van der Waals surface area (Å²) in [7, 11) is 0. The number of hydrogen-bond acceptors (Lipinski definition) is 4. The second-order valence-electron chi connectivity index (χ2n) is 7.01. The van der Waals surface area contributed by atoms with Crippen LogP contribution in [0.3, 0.4) is 0 Å². The van der Waals surface area contributed by atoms with Crippen LogP contribution in [0.25, 0.3) is 5.69 Å². The summed E-state index contributed by atoms with van der Waals surface area (Å²) in [5, 5.41) is 8.07. The van der Waals surface area contributed by atoms with Gasteiger partial charge in [0.15, 0.2) is 0 Å². The van der Waals surface area contributed by atoms with Crippen LogP contribution in [0.2, 0.25) is 5.02 Å². The highest BCUT2D eigenvalue weighted by Crippen LogP contribution is 2.36. The van der Waals surface area contributed by atoms with E-state index in [-0.39, 0.29) is 0 Å². The number of aromatic nitrogens is 2. The zero-order chi connectivity index (χ0) is 19.7. The van der Waals surface area contributed by atoms with E-state index in [0.717, 1.165) is 48.1 Å². The number of halogens is 1. The van der Waals surface area contributed by atoms with Crippen LogP contribution in [-0.2, 0) is 21.1 Å². The second kappa shape index (κ2) is 8.14. The van der Waals surface area contributed by atoms with Crippen LogP contribution in [0.15, 0.2) is 24.3 Å². The van der Waals surface area contributed by atoms with E-state index < -0.39 is 11.8 Å². The van der Waals surface area contributed by atoms with Crippen molar-refractivity contribution in [1.82, 2.24) is 14.7 Å². The van der Waals surface area contributed by atoms with Crippen molar-refractivity contribution in [2.45, 2.75) is 18.4 Å². The molecule has 0 aliphatic carbocycles. The number of thioether (sulfide) groups is 1. The lowest BCUT2D eigenvalue weighted by Crippen LogP contribution is -3.14. The van der Waals surface area contributed by atoms with Gasteiger partial charge >= 0.3 is 11.8 Å². The Morgan fingerprint density at radius 1 is 1.29 bits per heavy atom. The number of piperazine rings is 1. The number of carbonyl (C=O) groups is 2. The van der Waals surface area contributed by atoms with Gasteiger partial charge < -0.3 is 15.1 Å². The molecule has 2 amide bonds. The maximum absolute atomic E-state index is 12.7. The van der Waals surface area contributed by atoms with E-state index in [9.17, 15) is 9.59 Å². The molecule has 7 nitrogen and oxygen atoms in total. The molecule has 0 bridgehead atoms. The average Bonchev–Trinajstić information content (AvgIpc) is 3.30. The van der Waals surface area contributed by atoms with E-state index in [0.29, 0.717) is 23.9 Å². The van der Waals surface area contributed by atoms with E-state index in [1.807, 2.05) is 12.1 Å². The maximum Gasteiger partial charge on any atom is 0.315 e. The quantitative estimate of drug-likeness (QED) is 0.725. The molecule has 1 saturated heterocycles. The van der Waals surface area contributed by atoms with E-state index in [1.54, 1.807) is 33.5 Å². The molecule has 2 aromatic rings. The molecule has 2 aliphatic heterocycles. The van der Waals surface area contributed by atoms with Crippen LogP contribution in [0.4, 0.5) is 5.82 Å². The van der Waals surface area contributed by atoms with Crippen molar-refractivity contribution in [2.24, 2.45) is 0 Å². The van der Waals surface area contributed by atoms with Crippen molar-refractivity contribution >= 4 is 41.0 Å². The minimum Gasteiger partial charge on any atom is -0.332 e. The van der Waals surface area contributed by atoms with Gasteiger partial charge in [-0.1, -0.05) is 17.7 Å². The van der Waals surface area contributed by atoms with Crippen LogP contribution in [0, 0.1) is 0 Å². The van der Waals surface area contributed by atoms with Crippen molar-refractivity contribution in [3.05, 3.63) is 40.5 Å². The summed E-state index contributed by atoms with van der Waals surface area (Å²) in [5.74, 6) is 1.04. The number of hydrogen-bond donors (Lipinski definition) is 2. The van der Waals surface area contributed by atoms with E-state index in [2.05, 4.69) is 17.3 Å². The van der Waals surface area contributed by atoms with Crippen molar-refractivity contribution in [3.63, 3.8) is 0 Å². The Kier molecular flexibility index (Phi) is 5.61. The van der Waals surface area contributed by atoms with Gasteiger partial charge in [-0.05, 0) is 25.1 Å². The van der Waals surface area contributed by atoms with Crippen LogP contribution in [0.1, 0.15) is 18.2 Å². The predicted octanol–water partition coefficient (Wildman–Crippen LogP) is 0.958. The molecule has 9 heteroatoms. The molecule has 1 aromatic heterocycles. The Labute approximate surface area is 173 Å². The third kappa shape index (κ3) is 3.76. The smallest absolute Gasteiger partial charge is 0.315 e. The zero-order valence-electron chi connectivity index (χ0n) is 15.7. The lowest BCUT2D eigenvalue weighted by molar-refractivity contribution is -0.902. The molecule has 2 aliphatic rings. The Balaban J connectivity index is 1.56. The molecule has 0 unspecified atom stereocenters. The number of rotatable bonds is 3. The fraction of sp³-hybridized carbons (Fsp3) is 0.421. The highest BCUT2D eigenvalue weighted by atomic mass is 35.5. The number of carbonyl (C=O) groups excluding carboxylic acids is 2. The van der Waals surface area contributed by atoms with E-state index >= 15 is 0 Å². The predicted molar refractivity (Wildman–Crippen MR) is 110 cm³/mol. The third-order valence-electron chi connectivity index (χ3n) is 5.29. The number of nitrogens with zero attached hydrogens (tertiary/aromatic N) is 3. The van der Waals surface area contributed by atoms with Gasteiger partial charge in [-0.25, -0.2) is 4.68 Å². The molecule has 0 radical (unpaired) electrons. The fourth-order valence-electron chi connectivity index (χ4n) is 3.62. The number of anilines is 1. The third-order valence-corrected chi connectivity index (χ3v) is 6.49. The molecule has 148 valence electrons. The molecule has 0 atom stereocenters. The first-order chi connectivity index (χ1) is 13.6. The Morgan fingerprint density at radius 3 is 2.79 bits per heavy atom. The standard InChI is InChI=1S/C19H22ClN5O2S/c1-2-23-6-8-24(9-7-23)19(27)18(26)21-17-15-11-28-12-16(15)22-25(17)14-5-3-4-13(20)10-14/h3-5,10H,2,6-9,11-12H2,1H3,(H,21,26)/p+1. The molecule has 28 heavy (non-hydrogen) atoms. The highest BCUT2D eigenvalue weighted by Gasteiger charge is 2.30. The molecule has 1 fully saturated rings. The monoisotopic (exact) mass is 420 g/mol. The summed E-state index contributed by atoms with van der Waals surface area (Å²) in [4.78, 5) is 28.5. The van der Waals surface area contributed by atoms with Crippen molar-refractivity contribution in [2.75, 3.05) is 38.0 Å². The van der Waals surface area contributed by atoms with Crippen LogP contribution < -0.4 is 10.2 Å². The fourth-order valence-corrected chi connectivity index (χ4v) is 4.84. The summed E-state index contributed by atoms with van der Waals surface area (Å²) in [6, 6.07) is 7.30. The van der Waals surface area contributed by atoms with Gasteiger partial charge in [0.1, 0.15) is 5.82 Å². The van der Waals surface area contributed by atoms with Gasteiger partial charge in [0, 0.05) is 22.1 Å². The lowest BCUT2D eigenvalue weighted by atomic mass is 10.2. The number of quaternary nitrogens is 1. The summed E-state index contributed by atoms with van der Waals surface area (Å²) >= 11 is 7.87. The van der Waals surface area contributed by atoms with Gasteiger partial charge in [-0.2, -0.15) is 16.9 Å². The van der Waals surface area contributed by atoms with Crippen LogP contribution >= 0.6 is 23.4 Å². The number of fused-ring (bicyclic) bond motifs is 1. The summed E-state index contributed by atoms with van der Waals surface area (Å²) < 4.78 is 1.68. The highest BCUT2D eigenvalue weighted by molar-refractivity contribution is 7.98. The minimum absolute atomic E-state index is 0.478. The van der Waals surface area contributed by atoms with Crippen molar-refractivity contribution in [3.8, 4) is 5.69 Å². The molecule has 4 rings (SSSR count). The topological polar surface area (TPSA) is 71.7 Å². The number of nitrogens with one attached hydrogen (secondary N) is 2. The zero-order valence-corrected chi connectivity index (χ0v) is 17.3. The lowest BCUT2D eigenvalue weighted by Gasteiger charge is -2.31. The average molecular weight is 421 g/mol. The Bertz CT molecular complexity index is 908. The summed E-state index contributed by atoms with van der Waals surface area (Å²) in [5.41, 5.74) is 2.68. The first kappa shape index (κ1) is 19.3. The first-order valence-corrected chi connectivity index (χ1v) is 11.0. The van der Waals surface area contributed by atoms with Crippen LogP contribution in [-0.4, -0.2) is 59.2 Å². The number of amides is 2. The van der Waals surface area contributed by atoms with Gasteiger partial charge in [0.2, 0.25) is 0 Å². The van der Waals surface area contributed by atoms with Gasteiger partial charge in [0.25, 0.3) is 0 Å². The van der Waals surface area contributed by atoms with Gasteiger partial charge in [-0.15, -0.1) is 0 Å². The largest absolute Gasteiger partial charge is 0.332 e. The Hall–Kier alpha value is -2.03. The minimum atomic E-state index is -0.608. The Morgan fingerprint density at radius 2 is 2.07 bits per heavy atom. The van der Waals surface area contributed by atoms with E-state index in [1.165, 1.54) is 4.90 Å². The summed E-state index contributed by atoms with van der Waals surface area (Å²) in [6.45, 7) is 6.14. The molecular weight excluding hydrogens is 398 g/mol. The van der Waals surface area contributed by atoms with Crippen molar-refractivity contribution < 1.29 is 14.5 Å². The van der Waals surface area contributed by atoms with Gasteiger partial charge in [0.05, 0.1) is 44.1 Å². The van der Waals surface area contributed by atoms with Crippen molar-refractivity contribution in [1.29, 1.82) is 0 Å². The maximum atomic E-state index is 12.7. The van der Waals surface area contributed by atoms with E-state index in [4.69, 9.17) is 11.6 Å². The SMILES string of the molecule is CC[NH+]1CCN(C(=O)C(=O)Nc2c3c(nn2-c2cccc(Cl)c2)CSC3)CC1. The van der Waals surface area contributed by atoms with Crippen LogP contribution in [0.5, 0.6) is 0 Å². The molecule has 1 aromatic carbocycles. The van der Waals surface area contributed by atoms with Gasteiger partial charge in [-0.3, -0.25) is 9.59 Å². The number of likely N-dealkylation sites (N-methyl/N-ethyl adjacent to an activating group) is 1.